The molecule has 0 saturated carbocycles. The number of methoxy groups -OCH3 is 1. The maximum atomic E-state index is 13.2. The quantitative estimate of drug-likeness (QED) is 0.339. The second-order valence-corrected chi connectivity index (χ2v) is 7.67. The zero-order valence-corrected chi connectivity index (χ0v) is 18.5. The first kappa shape index (κ1) is 24.9. The number of pyridine rings is 1. The number of hydrogen-bond donors (Lipinski definition) is 4. The van der Waals surface area contributed by atoms with Gasteiger partial charge in [0.15, 0.2) is 0 Å². The first-order chi connectivity index (χ1) is 16.4. The van der Waals surface area contributed by atoms with E-state index in [0.29, 0.717) is 22.4 Å². The summed E-state index contributed by atoms with van der Waals surface area (Å²) >= 11 is 0. The van der Waals surface area contributed by atoms with Crippen LogP contribution in [0.1, 0.15) is 33.9 Å². The normalized spacial score (nSPS) is 12.4. The number of carbonyl (C=O) groups excluding carboxylic acids is 2. The Hall–Kier alpha value is -3.76. The maximum Gasteiger partial charge on any atom is 0.475 e. The number of halogens is 1. The summed E-state index contributed by atoms with van der Waals surface area (Å²) in [5.41, 5.74) is 1.58. The second-order valence-electron chi connectivity index (χ2n) is 7.67. The number of benzene rings is 2. The monoisotopic (exact) mass is 465 g/mol. The van der Waals surface area contributed by atoms with E-state index in [1.165, 1.54) is 37.6 Å². The van der Waals surface area contributed by atoms with E-state index in [2.05, 4.69) is 15.6 Å². The van der Waals surface area contributed by atoms with Crippen molar-refractivity contribution in [1.29, 1.82) is 0 Å². The molecule has 0 radical (unpaired) electrons. The van der Waals surface area contributed by atoms with Crippen LogP contribution in [0.5, 0.6) is 5.75 Å². The van der Waals surface area contributed by atoms with Crippen LogP contribution in [0, 0.1) is 5.82 Å². The van der Waals surface area contributed by atoms with Gasteiger partial charge >= 0.3 is 7.12 Å². The third-order valence-corrected chi connectivity index (χ3v) is 5.19. The lowest BCUT2D eigenvalue weighted by atomic mass is 9.76. The molecule has 8 nitrogen and oxygen atoms in total. The van der Waals surface area contributed by atoms with Crippen LogP contribution < -0.4 is 15.4 Å². The summed E-state index contributed by atoms with van der Waals surface area (Å²) < 4.78 is 18.4. The standard InChI is InChI=1S/C24H25BFN3O5/c1-34-20-6-2-4-17(13-20)21(28-24(31)18-5-3-11-27-15-18)14-23(30)29-22(25(32)33)12-16-7-9-19(26)10-8-16/h2-11,13,15,21-22,32-33H,12,14H2,1H3,(H,28,31)(H,29,30)/t21?,22-/m0/s1. The predicted molar refractivity (Wildman–Crippen MR) is 124 cm³/mol. The molecular weight excluding hydrogens is 440 g/mol. The van der Waals surface area contributed by atoms with Crippen molar-refractivity contribution in [2.45, 2.75) is 24.8 Å². The van der Waals surface area contributed by atoms with Crippen molar-refractivity contribution in [2.75, 3.05) is 7.11 Å². The predicted octanol–water partition coefficient (Wildman–Crippen LogP) is 1.83. The molecule has 10 heteroatoms. The Kier molecular flexibility index (Phi) is 8.72. The van der Waals surface area contributed by atoms with Gasteiger partial charge in [-0.05, 0) is 53.9 Å². The Morgan fingerprint density at radius 2 is 1.85 bits per heavy atom. The smallest absolute Gasteiger partial charge is 0.475 e. The second kappa shape index (κ2) is 11.9. The van der Waals surface area contributed by atoms with Crippen LogP contribution in [0.15, 0.2) is 73.1 Å². The fraction of sp³-hybridized carbons (Fsp3) is 0.208. The molecule has 0 fully saturated rings. The Morgan fingerprint density at radius 3 is 2.50 bits per heavy atom. The molecule has 176 valence electrons. The molecule has 0 aliphatic rings. The van der Waals surface area contributed by atoms with Crippen LogP contribution in [0.2, 0.25) is 0 Å². The van der Waals surface area contributed by atoms with Gasteiger partial charge in [-0.2, -0.15) is 0 Å². The molecule has 34 heavy (non-hydrogen) atoms. The number of nitrogens with one attached hydrogen (secondary N) is 2. The van der Waals surface area contributed by atoms with Crippen LogP contribution in [0.25, 0.3) is 0 Å². The Balaban J connectivity index is 1.76. The minimum Gasteiger partial charge on any atom is -0.497 e. The summed E-state index contributed by atoms with van der Waals surface area (Å²) in [6.45, 7) is 0. The number of amides is 2. The average Bonchev–Trinajstić information content (AvgIpc) is 2.85. The Labute approximate surface area is 197 Å². The summed E-state index contributed by atoms with van der Waals surface area (Å²) in [4.78, 5) is 29.5. The van der Waals surface area contributed by atoms with E-state index >= 15 is 0 Å². The molecule has 1 heterocycles. The van der Waals surface area contributed by atoms with Crippen molar-refractivity contribution >= 4 is 18.9 Å². The minimum absolute atomic E-state index is 0.0789. The van der Waals surface area contributed by atoms with Crippen LogP contribution in [-0.2, 0) is 11.2 Å². The van der Waals surface area contributed by atoms with E-state index in [4.69, 9.17) is 4.74 Å². The highest BCUT2D eigenvalue weighted by Gasteiger charge is 2.27. The fourth-order valence-electron chi connectivity index (χ4n) is 3.41. The first-order valence-electron chi connectivity index (χ1n) is 10.6. The first-order valence-corrected chi connectivity index (χ1v) is 10.6. The van der Waals surface area contributed by atoms with Gasteiger partial charge in [-0.1, -0.05) is 24.3 Å². The molecule has 0 aliphatic carbocycles. The van der Waals surface area contributed by atoms with E-state index in [1.54, 1.807) is 42.6 Å². The van der Waals surface area contributed by atoms with Gasteiger partial charge < -0.3 is 25.4 Å². The van der Waals surface area contributed by atoms with Gasteiger partial charge in [-0.3, -0.25) is 14.6 Å². The van der Waals surface area contributed by atoms with Crippen LogP contribution in [-0.4, -0.2) is 47.0 Å². The number of carbonyl (C=O) groups is 2. The van der Waals surface area contributed by atoms with Gasteiger partial charge in [0, 0.05) is 12.4 Å². The molecule has 2 amide bonds. The fourth-order valence-corrected chi connectivity index (χ4v) is 3.41. The van der Waals surface area contributed by atoms with Gasteiger partial charge in [0.25, 0.3) is 5.91 Å². The van der Waals surface area contributed by atoms with Crippen molar-refractivity contribution in [2.24, 2.45) is 0 Å². The Bertz CT molecular complexity index is 1100. The number of ether oxygens (including phenoxy) is 1. The maximum absolute atomic E-state index is 13.2. The lowest BCUT2D eigenvalue weighted by molar-refractivity contribution is -0.122. The summed E-state index contributed by atoms with van der Waals surface area (Å²) in [6, 6.07) is 15.0. The van der Waals surface area contributed by atoms with Crippen LogP contribution >= 0.6 is 0 Å². The topological polar surface area (TPSA) is 121 Å². The van der Waals surface area contributed by atoms with E-state index in [1.807, 2.05) is 0 Å². The number of aromatic nitrogens is 1. The molecule has 3 rings (SSSR count). The van der Waals surface area contributed by atoms with Crippen LogP contribution in [0.4, 0.5) is 4.39 Å². The summed E-state index contributed by atoms with van der Waals surface area (Å²) in [5.74, 6) is -1.82. The zero-order valence-electron chi connectivity index (χ0n) is 18.5. The molecular formula is C24H25BFN3O5. The SMILES string of the molecule is COc1cccc(C(CC(=O)N[C@@H](Cc2ccc(F)cc2)B(O)O)NC(=O)c2cccnc2)c1. The average molecular weight is 465 g/mol. The van der Waals surface area contributed by atoms with Crippen molar-refractivity contribution in [3.8, 4) is 5.75 Å². The molecule has 3 aromatic rings. The number of hydrogen-bond acceptors (Lipinski definition) is 6. The minimum atomic E-state index is -1.84. The number of nitrogens with zero attached hydrogens (tertiary/aromatic N) is 1. The van der Waals surface area contributed by atoms with Crippen molar-refractivity contribution in [1.82, 2.24) is 15.6 Å². The highest BCUT2D eigenvalue weighted by Crippen LogP contribution is 2.22. The molecule has 0 aliphatic heterocycles. The molecule has 1 unspecified atom stereocenters. The van der Waals surface area contributed by atoms with Gasteiger partial charge in [-0.15, -0.1) is 0 Å². The van der Waals surface area contributed by atoms with Crippen molar-refractivity contribution in [3.05, 3.63) is 95.6 Å². The lowest BCUT2D eigenvalue weighted by Crippen LogP contribution is -2.48. The summed E-state index contributed by atoms with van der Waals surface area (Å²) in [5, 5.41) is 25.0. The molecule has 4 N–H and O–H groups in total. The van der Waals surface area contributed by atoms with Gasteiger partial charge in [-0.25, -0.2) is 4.39 Å². The van der Waals surface area contributed by atoms with Gasteiger partial charge in [0.05, 0.1) is 31.1 Å². The summed E-state index contributed by atoms with van der Waals surface area (Å²) in [6.07, 6.45) is 2.87. The molecule has 2 atom stereocenters. The van der Waals surface area contributed by atoms with E-state index in [0.717, 1.165) is 0 Å². The highest BCUT2D eigenvalue weighted by molar-refractivity contribution is 6.43. The van der Waals surface area contributed by atoms with Crippen molar-refractivity contribution < 1.29 is 28.8 Å². The van der Waals surface area contributed by atoms with E-state index < -0.39 is 36.7 Å². The Morgan fingerprint density at radius 1 is 1.09 bits per heavy atom. The summed E-state index contributed by atoms with van der Waals surface area (Å²) in [7, 11) is -0.327. The van der Waals surface area contributed by atoms with Crippen LogP contribution in [0.3, 0.4) is 0 Å². The van der Waals surface area contributed by atoms with Gasteiger partial charge in [0.2, 0.25) is 5.91 Å². The molecule has 0 saturated heterocycles. The number of rotatable bonds is 10. The lowest BCUT2D eigenvalue weighted by Gasteiger charge is -2.22. The largest absolute Gasteiger partial charge is 0.497 e. The third kappa shape index (κ3) is 7.13. The molecule has 0 spiro atoms. The zero-order chi connectivity index (χ0) is 24.5. The van der Waals surface area contributed by atoms with Crippen molar-refractivity contribution in [3.63, 3.8) is 0 Å². The molecule has 0 bridgehead atoms. The molecule has 1 aromatic heterocycles. The van der Waals surface area contributed by atoms with E-state index in [-0.39, 0.29) is 12.8 Å². The molecule has 2 aromatic carbocycles. The van der Waals surface area contributed by atoms with Gasteiger partial charge in [0.1, 0.15) is 11.6 Å². The highest BCUT2D eigenvalue weighted by atomic mass is 19.1. The van der Waals surface area contributed by atoms with E-state index in [9.17, 15) is 24.0 Å². The third-order valence-electron chi connectivity index (χ3n) is 5.19.